The molecule has 0 spiro atoms. The van der Waals surface area contributed by atoms with Crippen molar-refractivity contribution in [2.75, 3.05) is 13.7 Å². The van der Waals surface area contributed by atoms with Gasteiger partial charge in [0, 0.05) is 20.3 Å². The van der Waals surface area contributed by atoms with E-state index in [0.717, 1.165) is 12.1 Å². The zero-order valence-corrected chi connectivity index (χ0v) is 10.3. The van der Waals surface area contributed by atoms with Gasteiger partial charge in [0.15, 0.2) is 0 Å². The molecule has 1 N–H and O–H groups in total. The molecule has 0 bridgehead atoms. The van der Waals surface area contributed by atoms with Crippen LogP contribution >= 0.6 is 0 Å². The van der Waals surface area contributed by atoms with E-state index in [4.69, 9.17) is 15.1 Å². The first kappa shape index (κ1) is 13.6. The van der Waals surface area contributed by atoms with Gasteiger partial charge in [0.2, 0.25) is 0 Å². The SMILES string of the molecule is COCc1c(CC#N)nnn1CC(C)CCO. The minimum Gasteiger partial charge on any atom is -0.396 e. The summed E-state index contributed by atoms with van der Waals surface area (Å²) >= 11 is 0. The minimum absolute atomic E-state index is 0.167. The Kier molecular flexibility index (Phi) is 5.60. The van der Waals surface area contributed by atoms with E-state index in [1.165, 1.54) is 0 Å². The lowest BCUT2D eigenvalue weighted by Gasteiger charge is -2.11. The number of hydrogen-bond acceptors (Lipinski definition) is 5. The molecule has 0 aliphatic carbocycles. The lowest BCUT2D eigenvalue weighted by Crippen LogP contribution is -2.14. The van der Waals surface area contributed by atoms with Gasteiger partial charge in [0.05, 0.1) is 24.8 Å². The molecule has 0 saturated carbocycles. The van der Waals surface area contributed by atoms with Gasteiger partial charge < -0.3 is 9.84 Å². The van der Waals surface area contributed by atoms with Crippen molar-refractivity contribution in [3.8, 4) is 6.07 Å². The molecule has 1 heterocycles. The second-order valence-corrected chi connectivity index (χ2v) is 4.05. The van der Waals surface area contributed by atoms with Crippen LogP contribution in [0.25, 0.3) is 0 Å². The van der Waals surface area contributed by atoms with Gasteiger partial charge in [-0.3, -0.25) is 0 Å². The molecule has 0 fully saturated rings. The summed E-state index contributed by atoms with van der Waals surface area (Å²) in [7, 11) is 1.60. The highest BCUT2D eigenvalue weighted by Gasteiger charge is 2.14. The van der Waals surface area contributed by atoms with Gasteiger partial charge in [-0.2, -0.15) is 5.26 Å². The molecule has 6 nitrogen and oxygen atoms in total. The zero-order chi connectivity index (χ0) is 12.7. The number of hydrogen-bond donors (Lipinski definition) is 1. The van der Waals surface area contributed by atoms with Gasteiger partial charge in [-0.25, -0.2) is 4.68 Å². The molecule has 17 heavy (non-hydrogen) atoms. The molecular weight excluding hydrogens is 220 g/mol. The maximum atomic E-state index is 8.86. The molecular formula is C11H18N4O2. The molecule has 1 aromatic rings. The predicted octanol–water partition coefficient (Wildman–Crippen LogP) is 0.509. The van der Waals surface area contributed by atoms with Crippen molar-refractivity contribution in [2.24, 2.45) is 5.92 Å². The molecule has 0 saturated heterocycles. The van der Waals surface area contributed by atoms with Crippen LogP contribution in [0.15, 0.2) is 0 Å². The molecule has 6 heteroatoms. The Bertz CT molecular complexity index is 383. The fourth-order valence-corrected chi connectivity index (χ4v) is 1.63. The first-order valence-corrected chi connectivity index (χ1v) is 5.60. The van der Waals surface area contributed by atoms with Crippen LogP contribution in [0.1, 0.15) is 24.7 Å². The zero-order valence-electron chi connectivity index (χ0n) is 10.3. The number of methoxy groups -OCH3 is 1. The van der Waals surface area contributed by atoms with Crippen LogP contribution in [-0.4, -0.2) is 33.8 Å². The van der Waals surface area contributed by atoms with E-state index in [2.05, 4.69) is 16.4 Å². The average Bonchev–Trinajstić information content (AvgIpc) is 2.64. The summed E-state index contributed by atoms with van der Waals surface area (Å²) in [6.07, 6.45) is 0.965. The number of ether oxygens (including phenoxy) is 1. The molecule has 0 aromatic carbocycles. The quantitative estimate of drug-likeness (QED) is 0.748. The summed E-state index contributed by atoms with van der Waals surface area (Å²) in [5, 5.41) is 25.6. The Morgan fingerprint density at radius 2 is 2.35 bits per heavy atom. The lowest BCUT2D eigenvalue weighted by atomic mass is 10.1. The van der Waals surface area contributed by atoms with Crippen LogP contribution in [0, 0.1) is 17.2 Å². The van der Waals surface area contributed by atoms with Gasteiger partial charge in [-0.15, -0.1) is 5.10 Å². The summed E-state index contributed by atoms with van der Waals surface area (Å²) in [5.74, 6) is 0.312. The molecule has 1 aromatic heterocycles. The third-order valence-corrected chi connectivity index (χ3v) is 2.55. The molecule has 0 amide bonds. The van der Waals surface area contributed by atoms with Crippen LogP contribution < -0.4 is 0 Å². The normalized spacial score (nSPS) is 12.4. The van der Waals surface area contributed by atoms with Crippen LogP contribution in [0.4, 0.5) is 0 Å². The highest BCUT2D eigenvalue weighted by molar-refractivity contribution is 5.13. The Balaban J connectivity index is 2.80. The number of nitrogens with zero attached hydrogens (tertiary/aromatic N) is 4. The van der Waals surface area contributed by atoms with Gasteiger partial charge >= 0.3 is 0 Å². The summed E-state index contributed by atoms with van der Waals surface area (Å²) < 4.78 is 6.86. The predicted molar refractivity (Wildman–Crippen MR) is 60.9 cm³/mol. The van der Waals surface area contributed by atoms with E-state index in [1.807, 2.05) is 6.92 Å². The molecule has 1 atom stereocenters. The maximum Gasteiger partial charge on any atom is 0.102 e. The van der Waals surface area contributed by atoms with Gasteiger partial charge in [0.1, 0.15) is 5.69 Å². The van der Waals surface area contributed by atoms with Crippen molar-refractivity contribution in [3.05, 3.63) is 11.4 Å². The summed E-state index contributed by atoms with van der Waals surface area (Å²) in [4.78, 5) is 0. The standard InChI is InChI=1S/C11H18N4O2/c1-9(4-6-16)7-15-11(8-17-2)10(3-5-12)13-14-15/h9,16H,3-4,6-8H2,1-2H3. The Morgan fingerprint density at radius 1 is 1.59 bits per heavy atom. The first-order valence-electron chi connectivity index (χ1n) is 5.60. The molecule has 0 aliphatic rings. The summed E-state index contributed by atoms with van der Waals surface area (Å²) in [5.41, 5.74) is 1.52. The number of nitriles is 1. The van der Waals surface area contributed by atoms with Gasteiger partial charge in [0.25, 0.3) is 0 Å². The Morgan fingerprint density at radius 3 is 2.94 bits per heavy atom. The van der Waals surface area contributed by atoms with Crippen molar-refractivity contribution >= 4 is 0 Å². The summed E-state index contributed by atoms with van der Waals surface area (Å²) in [6.45, 7) is 3.28. The molecule has 1 unspecified atom stereocenters. The van der Waals surface area contributed by atoms with Crippen molar-refractivity contribution < 1.29 is 9.84 Å². The van der Waals surface area contributed by atoms with Gasteiger partial charge in [-0.1, -0.05) is 12.1 Å². The monoisotopic (exact) mass is 238 g/mol. The number of aliphatic hydroxyl groups is 1. The van der Waals surface area contributed by atoms with Crippen molar-refractivity contribution in [3.63, 3.8) is 0 Å². The fourth-order valence-electron chi connectivity index (χ4n) is 1.63. The number of aromatic nitrogens is 3. The van der Waals surface area contributed by atoms with E-state index in [0.29, 0.717) is 24.8 Å². The molecule has 0 radical (unpaired) electrons. The topological polar surface area (TPSA) is 84.0 Å². The van der Waals surface area contributed by atoms with Gasteiger partial charge in [-0.05, 0) is 12.3 Å². The van der Waals surface area contributed by atoms with E-state index < -0.39 is 0 Å². The number of aliphatic hydroxyl groups excluding tert-OH is 1. The molecule has 0 aliphatic heterocycles. The first-order chi connectivity index (χ1) is 8.22. The van der Waals surface area contributed by atoms with Crippen molar-refractivity contribution in [2.45, 2.75) is 32.9 Å². The van der Waals surface area contributed by atoms with E-state index in [-0.39, 0.29) is 13.0 Å². The lowest BCUT2D eigenvalue weighted by molar-refractivity contribution is 0.173. The van der Waals surface area contributed by atoms with Crippen LogP contribution in [0.5, 0.6) is 0 Å². The minimum atomic E-state index is 0.167. The Labute approximate surface area is 101 Å². The van der Waals surface area contributed by atoms with Crippen LogP contribution in [0.3, 0.4) is 0 Å². The second-order valence-electron chi connectivity index (χ2n) is 4.05. The van der Waals surface area contributed by atoms with E-state index >= 15 is 0 Å². The number of rotatable bonds is 7. The van der Waals surface area contributed by atoms with E-state index in [9.17, 15) is 0 Å². The largest absolute Gasteiger partial charge is 0.396 e. The Hall–Kier alpha value is -1.45. The molecule has 1 rings (SSSR count). The molecule has 94 valence electrons. The third-order valence-electron chi connectivity index (χ3n) is 2.55. The highest BCUT2D eigenvalue weighted by Crippen LogP contribution is 2.11. The maximum absolute atomic E-state index is 8.86. The van der Waals surface area contributed by atoms with Crippen molar-refractivity contribution in [1.29, 1.82) is 5.26 Å². The fraction of sp³-hybridized carbons (Fsp3) is 0.727. The highest BCUT2D eigenvalue weighted by atomic mass is 16.5. The van der Waals surface area contributed by atoms with E-state index in [1.54, 1.807) is 11.8 Å². The second kappa shape index (κ2) is 6.99. The average molecular weight is 238 g/mol. The third kappa shape index (κ3) is 3.80. The van der Waals surface area contributed by atoms with Crippen LogP contribution in [0.2, 0.25) is 0 Å². The summed E-state index contributed by atoms with van der Waals surface area (Å²) in [6, 6.07) is 2.06. The van der Waals surface area contributed by atoms with Crippen LogP contribution in [-0.2, 0) is 24.3 Å². The smallest absolute Gasteiger partial charge is 0.102 e. The van der Waals surface area contributed by atoms with Crippen molar-refractivity contribution in [1.82, 2.24) is 15.0 Å².